The Hall–Kier alpha value is -4.51. The average molecular weight is 601 g/mol. The fourth-order valence-corrected chi connectivity index (χ4v) is 9.10. The highest BCUT2D eigenvalue weighted by molar-refractivity contribution is 8.03. The molecule has 2 aliphatic carbocycles. The Morgan fingerprint density at radius 1 is 0.682 bits per heavy atom. The van der Waals surface area contributed by atoms with E-state index in [2.05, 4.69) is 120 Å². The lowest BCUT2D eigenvalue weighted by Crippen LogP contribution is -2.31. The van der Waals surface area contributed by atoms with Gasteiger partial charge in [-0.2, -0.15) is 0 Å². The molecule has 2 nitrogen and oxygen atoms in total. The van der Waals surface area contributed by atoms with E-state index in [1.807, 2.05) is 18.0 Å². The number of para-hydroxylation sites is 1. The molecule has 2 aromatic heterocycles. The van der Waals surface area contributed by atoms with Crippen LogP contribution in [0.15, 0.2) is 119 Å². The molecule has 0 N–H and O–H groups in total. The van der Waals surface area contributed by atoms with E-state index in [0.29, 0.717) is 0 Å². The van der Waals surface area contributed by atoms with E-state index in [1.54, 1.807) is 11.3 Å². The van der Waals surface area contributed by atoms with Crippen LogP contribution in [0.4, 0.5) is 0 Å². The normalized spacial score (nSPS) is 14.7. The fraction of sp³-hybridized carbons (Fsp3) is 0.100. The first kappa shape index (κ1) is 25.9. The second-order valence-corrected chi connectivity index (χ2v) is 13.7. The lowest BCUT2D eigenvalue weighted by atomic mass is 9.88. The molecule has 0 spiro atoms. The minimum atomic E-state index is 1.01. The van der Waals surface area contributed by atoms with Gasteiger partial charge >= 0.3 is 0 Å². The van der Waals surface area contributed by atoms with E-state index in [0.717, 1.165) is 36.2 Å². The average Bonchev–Trinajstić information content (AvgIpc) is 3.53. The predicted octanol–water partition coefficient (Wildman–Crippen LogP) is 10.0. The summed E-state index contributed by atoms with van der Waals surface area (Å²) in [4.78, 5) is 12.4. The summed E-state index contributed by atoms with van der Waals surface area (Å²) in [7, 11) is 0. The molecule has 7 aromatic rings. The Labute approximate surface area is 263 Å². The molecule has 0 saturated heterocycles. The first-order valence-electron chi connectivity index (χ1n) is 15.3. The molecule has 210 valence electrons. The van der Waals surface area contributed by atoms with Crippen LogP contribution in [0.25, 0.3) is 71.4 Å². The fourth-order valence-electron chi connectivity index (χ4n) is 6.89. The van der Waals surface area contributed by atoms with Crippen molar-refractivity contribution in [2.45, 2.75) is 30.6 Å². The molecule has 2 heterocycles. The summed E-state index contributed by atoms with van der Waals surface area (Å²) in [6, 6.07) is 30.7. The lowest BCUT2D eigenvalue weighted by molar-refractivity contribution is 1.03. The van der Waals surface area contributed by atoms with E-state index in [4.69, 9.17) is 4.98 Å². The molecule has 5 aromatic carbocycles. The summed E-state index contributed by atoms with van der Waals surface area (Å²) in [6.45, 7) is 0. The first-order valence-corrected chi connectivity index (χ1v) is 16.9. The van der Waals surface area contributed by atoms with Crippen LogP contribution in [0.2, 0.25) is 0 Å². The number of benzene rings is 5. The summed E-state index contributed by atoms with van der Waals surface area (Å²) in [5.74, 6) is 0. The second kappa shape index (κ2) is 10.6. The zero-order valence-corrected chi connectivity index (χ0v) is 25.7. The second-order valence-electron chi connectivity index (χ2n) is 11.5. The molecule has 0 fully saturated rings. The van der Waals surface area contributed by atoms with Crippen LogP contribution in [-0.4, -0.2) is 9.97 Å². The van der Waals surface area contributed by atoms with Crippen LogP contribution in [0.5, 0.6) is 0 Å². The van der Waals surface area contributed by atoms with Crippen LogP contribution in [0, 0.1) is 0 Å². The first-order chi connectivity index (χ1) is 21.8. The van der Waals surface area contributed by atoms with Gasteiger partial charge in [-0.3, -0.25) is 4.98 Å². The number of hydrogen-bond acceptors (Lipinski definition) is 4. The van der Waals surface area contributed by atoms with Gasteiger partial charge in [0.15, 0.2) is 0 Å². The van der Waals surface area contributed by atoms with Crippen molar-refractivity contribution in [1.82, 2.24) is 9.97 Å². The van der Waals surface area contributed by atoms with Crippen LogP contribution < -0.4 is 10.4 Å². The van der Waals surface area contributed by atoms with Gasteiger partial charge < -0.3 is 0 Å². The van der Waals surface area contributed by atoms with Crippen molar-refractivity contribution in [1.29, 1.82) is 0 Å². The number of thioether (sulfide) groups is 1. The Morgan fingerprint density at radius 3 is 2.34 bits per heavy atom. The summed E-state index contributed by atoms with van der Waals surface area (Å²) in [5, 5.41) is 11.5. The van der Waals surface area contributed by atoms with E-state index in [1.165, 1.54) is 74.0 Å². The zero-order chi connectivity index (χ0) is 29.0. The smallest absolute Gasteiger partial charge is 0.120 e. The highest BCUT2D eigenvalue weighted by atomic mass is 32.2. The zero-order valence-electron chi connectivity index (χ0n) is 24.1. The number of aromatic nitrogens is 2. The molecule has 0 amide bonds. The molecule has 0 unspecified atom stereocenters. The summed E-state index contributed by atoms with van der Waals surface area (Å²) >= 11 is 3.74. The highest BCUT2D eigenvalue weighted by Gasteiger charge is 2.20. The van der Waals surface area contributed by atoms with Gasteiger partial charge in [0.25, 0.3) is 0 Å². The maximum absolute atomic E-state index is 4.92. The quantitative estimate of drug-likeness (QED) is 0.188. The van der Waals surface area contributed by atoms with Crippen LogP contribution in [0.1, 0.15) is 30.7 Å². The summed E-state index contributed by atoms with van der Waals surface area (Å²) < 4.78 is 1.25. The SMILES string of the molecule is C1=C(Sc2c3c(c(-c4cc5ccccc5c5ccccc45)c4cnccc24)=CCCC=3)CCC(c2nc3ccccc3s2)=C1. The molecular formula is C40H28N2S2. The van der Waals surface area contributed by atoms with Gasteiger partial charge in [0, 0.05) is 22.7 Å². The maximum Gasteiger partial charge on any atom is 0.120 e. The van der Waals surface area contributed by atoms with Gasteiger partial charge in [-0.25, -0.2) is 4.98 Å². The summed E-state index contributed by atoms with van der Waals surface area (Å²) in [6.07, 6.45) is 17.7. The molecule has 0 aliphatic heterocycles. The molecule has 44 heavy (non-hydrogen) atoms. The van der Waals surface area contributed by atoms with Crippen molar-refractivity contribution in [3.63, 3.8) is 0 Å². The van der Waals surface area contributed by atoms with E-state index >= 15 is 0 Å². The molecule has 2 aliphatic rings. The van der Waals surface area contributed by atoms with Crippen molar-refractivity contribution in [3.05, 3.63) is 130 Å². The Morgan fingerprint density at radius 2 is 1.48 bits per heavy atom. The lowest BCUT2D eigenvalue weighted by Gasteiger charge is -2.20. The number of hydrogen-bond donors (Lipinski definition) is 0. The largest absolute Gasteiger partial charge is 0.264 e. The van der Waals surface area contributed by atoms with Crippen molar-refractivity contribution in [2.75, 3.05) is 0 Å². The molecule has 4 heteroatoms. The number of allylic oxidation sites excluding steroid dienone is 4. The Kier molecular flexibility index (Phi) is 6.24. The highest BCUT2D eigenvalue weighted by Crippen LogP contribution is 2.41. The minimum absolute atomic E-state index is 1.01. The topological polar surface area (TPSA) is 25.8 Å². The van der Waals surface area contributed by atoms with Crippen LogP contribution >= 0.6 is 23.1 Å². The number of fused-ring (bicyclic) bond motifs is 6. The van der Waals surface area contributed by atoms with Gasteiger partial charge in [0.05, 0.1) is 10.2 Å². The molecule has 0 saturated carbocycles. The summed E-state index contributed by atoms with van der Waals surface area (Å²) in [5.41, 5.74) is 5.03. The monoisotopic (exact) mass is 600 g/mol. The van der Waals surface area contributed by atoms with Crippen molar-refractivity contribution in [2.24, 2.45) is 0 Å². The maximum atomic E-state index is 4.92. The molecule has 9 rings (SSSR count). The van der Waals surface area contributed by atoms with Gasteiger partial charge in [0.1, 0.15) is 5.01 Å². The molecule has 0 radical (unpaired) electrons. The third kappa shape index (κ3) is 4.24. The number of nitrogens with zero attached hydrogens (tertiary/aromatic N) is 2. The van der Waals surface area contributed by atoms with Gasteiger partial charge in [-0.1, -0.05) is 96.7 Å². The number of pyridine rings is 1. The number of thiazole rings is 1. The van der Waals surface area contributed by atoms with Crippen molar-refractivity contribution in [3.8, 4) is 11.1 Å². The van der Waals surface area contributed by atoms with Crippen molar-refractivity contribution >= 4 is 83.4 Å². The Bertz CT molecular complexity index is 2450. The third-order valence-corrected chi connectivity index (χ3v) is 11.3. The molecule has 0 atom stereocenters. The van der Waals surface area contributed by atoms with E-state index < -0.39 is 0 Å². The minimum Gasteiger partial charge on any atom is -0.264 e. The van der Waals surface area contributed by atoms with Gasteiger partial charge in [0.2, 0.25) is 0 Å². The standard InChI is InChI=1S/C40H28N2S2/c1-2-10-28-26(9-1)23-34(30-12-4-3-11-29(28)30)38-31-13-5-6-14-32(31)39(33-21-22-41-24-35(33)38)43-27-19-17-25(18-20-27)40-42-36-15-7-8-16-37(36)44-40/h1-4,7-17,19,21-24H,5-6,18,20H2. The third-order valence-electron chi connectivity index (χ3n) is 8.95. The van der Waals surface area contributed by atoms with E-state index in [9.17, 15) is 0 Å². The van der Waals surface area contributed by atoms with Crippen LogP contribution in [-0.2, 0) is 0 Å². The van der Waals surface area contributed by atoms with E-state index in [-0.39, 0.29) is 0 Å². The molecular weight excluding hydrogens is 573 g/mol. The van der Waals surface area contributed by atoms with Gasteiger partial charge in [-0.05, 0) is 109 Å². The number of rotatable bonds is 4. The predicted molar refractivity (Wildman–Crippen MR) is 190 cm³/mol. The Balaban J connectivity index is 1.22. The molecule has 0 bridgehead atoms. The van der Waals surface area contributed by atoms with Crippen molar-refractivity contribution < 1.29 is 0 Å². The van der Waals surface area contributed by atoms with Crippen LogP contribution in [0.3, 0.4) is 0 Å². The van der Waals surface area contributed by atoms with Gasteiger partial charge in [-0.15, -0.1) is 11.3 Å².